The Hall–Kier alpha value is -0.610. The first-order valence-electron chi connectivity index (χ1n) is 4.94. The zero-order chi connectivity index (χ0) is 9.54. The predicted molar refractivity (Wildman–Crippen MR) is 59.5 cm³/mol. The van der Waals surface area contributed by atoms with Gasteiger partial charge in [-0.2, -0.15) is 0 Å². The topological polar surface area (TPSA) is 28.2 Å². The van der Waals surface area contributed by atoms with Gasteiger partial charge in [-0.15, -0.1) is 0 Å². The second-order valence-corrected chi connectivity index (χ2v) is 4.95. The van der Waals surface area contributed by atoms with Gasteiger partial charge in [0.15, 0.2) is 0 Å². The van der Waals surface area contributed by atoms with Crippen molar-refractivity contribution in [3.05, 3.63) is 22.8 Å². The Kier molecular flexibility index (Phi) is 1.99. The largest absolute Gasteiger partial charge is 0.353 e. The van der Waals surface area contributed by atoms with Crippen LogP contribution in [0.5, 0.6) is 0 Å². The van der Waals surface area contributed by atoms with Crippen molar-refractivity contribution in [3.8, 4) is 0 Å². The number of fused-ring (bicyclic) bond motifs is 2. The molecule has 0 aliphatic carbocycles. The van der Waals surface area contributed by atoms with E-state index in [1.807, 2.05) is 6.20 Å². The molecule has 1 aromatic rings. The molecule has 2 atom stereocenters. The van der Waals surface area contributed by atoms with Crippen LogP contribution in [0.15, 0.2) is 22.8 Å². The van der Waals surface area contributed by atoms with E-state index in [-0.39, 0.29) is 0 Å². The van der Waals surface area contributed by atoms with Crippen molar-refractivity contribution in [1.82, 2.24) is 10.3 Å². The highest BCUT2D eigenvalue weighted by atomic mass is 79.9. The van der Waals surface area contributed by atoms with Crippen molar-refractivity contribution in [1.29, 1.82) is 0 Å². The molecule has 0 radical (unpaired) electrons. The molecule has 0 spiro atoms. The number of pyridine rings is 1. The van der Waals surface area contributed by atoms with Gasteiger partial charge in [-0.1, -0.05) is 0 Å². The molecule has 3 aliphatic rings. The van der Waals surface area contributed by atoms with Crippen molar-refractivity contribution >= 4 is 21.7 Å². The van der Waals surface area contributed by atoms with Gasteiger partial charge in [0.1, 0.15) is 5.82 Å². The van der Waals surface area contributed by atoms with E-state index in [0.717, 1.165) is 23.4 Å². The zero-order valence-electron chi connectivity index (χ0n) is 7.78. The third-order valence-electron chi connectivity index (χ3n) is 2.96. The van der Waals surface area contributed by atoms with Crippen LogP contribution in [0.25, 0.3) is 0 Å². The number of piperazine rings is 1. The first kappa shape index (κ1) is 8.68. The summed E-state index contributed by atoms with van der Waals surface area (Å²) < 4.78 is 1.04. The van der Waals surface area contributed by atoms with Gasteiger partial charge in [-0.05, 0) is 34.5 Å². The second-order valence-electron chi connectivity index (χ2n) is 4.04. The smallest absolute Gasteiger partial charge is 0.128 e. The SMILES string of the molecule is Brc1ccc(N2CC3CC(C2)N3)nc1. The third-order valence-corrected chi connectivity index (χ3v) is 3.43. The molecular formula is C10H12BrN3. The fourth-order valence-corrected chi connectivity index (χ4v) is 2.49. The summed E-state index contributed by atoms with van der Waals surface area (Å²) in [4.78, 5) is 6.77. The number of nitrogens with zero attached hydrogens (tertiary/aromatic N) is 2. The fourth-order valence-electron chi connectivity index (χ4n) is 2.26. The Morgan fingerprint density at radius 3 is 2.64 bits per heavy atom. The van der Waals surface area contributed by atoms with E-state index in [4.69, 9.17) is 0 Å². The summed E-state index contributed by atoms with van der Waals surface area (Å²) in [7, 11) is 0. The minimum absolute atomic E-state index is 0.694. The van der Waals surface area contributed by atoms with Crippen LogP contribution in [0.1, 0.15) is 6.42 Å². The number of anilines is 1. The average Bonchev–Trinajstić information content (AvgIpc) is 2.18. The van der Waals surface area contributed by atoms with Gasteiger partial charge < -0.3 is 10.2 Å². The summed E-state index contributed by atoms with van der Waals surface area (Å²) in [5.74, 6) is 1.10. The molecule has 0 amide bonds. The number of rotatable bonds is 1. The van der Waals surface area contributed by atoms with Crippen molar-refractivity contribution in [3.63, 3.8) is 0 Å². The molecule has 3 fully saturated rings. The molecule has 4 rings (SSSR count). The number of halogens is 1. The molecule has 2 unspecified atom stereocenters. The molecule has 0 saturated carbocycles. The Morgan fingerprint density at radius 1 is 1.36 bits per heavy atom. The van der Waals surface area contributed by atoms with E-state index in [9.17, 15) is 0 Å². The summed E-state index contributed by atoms with van der Waals surface area (Å²) in [6.45, 7) is 2.20. The molecule has 3 nitrogen and oxygen atoms in total. The minimum Gasteiger partial charge on any atom is -0.353 e. The summed E-state index contributed by atoms with van der Waals surface area (Å²) in [5.41, 5.74) is 0. The highest BCUT2D eigenvalue weighted by molar-refractivity contribution is 9.10. The fraction of sp³-hybridized carbons (Fsp3) is 0.500. The number of hydrogen-bond donors (Lipinski definition) is 1. The van der Waals surface area contributed by atoms with Gasteiger partial charge in [0.05, 0.1) is 0 Å². The highest BCUT2D eigenvalue weighted by Gasteiger charge is 2.36. The Balaban J connectivity index is 1.79. The van der Waals surface area contributed by atoms with Gasteiger partial charge in [-0.3, -0.25) is 0 Å². The summed E-state index contributed by atoms with van der Waals surface area (Å²) in [6.07, 6.45) is 3.20. The normalized spacial score (nSPS) is 29.9. The maximum Gasteiger partial charge on any atom is 0.128 e. The van der Waals surface area contributed by atoms with Crippen LogP contribution in [0.2, 0.25) is 0 Å². The van der Waals surface area contributed by atoms with Gasteiger partial charge in [-0.25, -0.2) is 4.98 Å². The standard InChI is InChI=1S/C10H12BrN3/c11-7-1-2-10(12-4-7)14-5-8-3-9(6-14)13-8/h1-2,4,8-9,13H,3,5-6H2. The molecule has 4 heterocycles. The molecule has 0 aromatic carbocycles. The Bertz CT molecular complexity index is 322. The number of hydrogen-bond acceptors (Lipinski definition) is 3. The first-order valence-corrected chi connectivity index (χ1v) is 5.73. The van der Waals surface area contributed by atoms with Crippen LogP contribution in [0.3, 0.4) is 0 Å². The first-order chi connectivity index (χ1) is 6.81. The van der Waals surface area contributed by atoms with Crippen LogP contribution in [-0.2, 0) is 0 Å². The van der Waals surface area contributed by atoms with Crippen LogP contribution >= 0.6 is 15.9 Å². The average molecular weight is 254 g/mol. The van der Waals surface area contributed by atoms with Crippen LogP contribution in [0, 0.1) is 0 Å². The Morgan fingerprint density at radius 2 is 2.07 bits per heavy atom. The summed E-state index contributed by atoms with van der Waals surface area (Å²) >= 11 is 3.40. The minimum atomic E-state index is 0.694. The number of piperidine rings is 1. The lowest BCUT2D eigenvalue weighted by Crippen LogP contribution is -2.67. The monoisotopic (exact) mass is 253 g/mol. The quantitative estimate of drug-likeness (QED) is 0.821. The molecule has 14 heavy (non-hydrogen) atoms. The predicted octanol–water partition coefficient (Wildman–Crippen LogP) is 1.39. The van der Waals surface area contributed by atoms with Gasteiger partial charge in [0.2, 0.25) is 0 Å². The zero-order valence-corrected chi connectivity index (χ0v) is 9.37. The Labute approximate surface area is 91.6 Å². The number of nitrogens with one attached hydrogen (secondary N) is 1. The number of aromatic nitrogens is 1. The van der Waals surface area contributed by atoms with Crippen LogP contribution in [0.4, 0.5) is 5.82 Å². The highest BCUT2D eigenvalue weighted by Crippen LogP contribution is 2.25. The van der Waals surface area contributed by atoms with Crippen molar-refractivity contribution in [2.45, 2.75) is 18.5 Å². The van der Waals surface area contributed by atoms with E-state index >= 15 is 0 Å². The van der Waals surface area contributed by atoms with Crippen LogP contribution < -0.4 is 10.2 Å². The third kappa shape index (κ3) is 1.42. The van der Waals surface area contributed by atoms with E-state index in [0.29, 0.717) is 12.1 Å². The van der Waals surface area contributed by atoms with Gasteiger partial charge in [0.25, 0.3) is 0 Å². The molecule has 3 saturated heterocycles. The molecule has 74 valence electrons. The van der Waals surface area contributed by atoms with Gasteiger partial charge >= 0.3 is 0 Å². The molecule has 3 aliphatic heterocycles. The summed E-state index contributed by atoms with van der Waals surface area (Å²) in [6, 6.07) is 5.52. The lowest BCUT2D eigenvalue weighted by Gasteiger charge is -2.48. The van der Waals surface area contributed by atoms with E-state index in [1.54, 1.807) is 0 Å². The van der Waals surface area contributed by atoms with Crippen molar-refractivity contribution < 1.29 is 0 Å². The lowest BCUT2D eigenvalue weighted by molar-refractivity contribution is 0.225. The van der Waals surface area contributed by atoms with Crippen LogP contribution in [-0.4, -0.2) is 30.2 Å². The molecule has 1 N–H and O–H groups in total. The lowest BCUT2D eigenvalue weighted by atomic mass is 9.91. The van der Waals surface area contributed by atoms with E-state index < -0.39 is 0 Å². The summed E-state index contributed by atoms with van der Waals surface area (Å²) in [5, 5.41) is 3.51. The van der Waals surface area contributed by atoms with Gasteiger partial charge in [0, 0.05) is 35.8 Å². The second kappa shape index (κ2) is 3.21. The molecule has 1 aromatic heterocycles. The molecular weight excluding hydrogens is 242 g/mol. The van der Waals surface area contributed by atoms with E-state index in [2.05, 4.69) is 43.3 Å². The van der Waals surface area contributed by atoms with E-state index in [1.165, 1.54) is 6.42 Å². The molecule has 2 bridgehead atoms. The van der Waals surface area contributed by atoms with Crippen molar-refractivity contribution in [2.75, 3.05) is 18.0 Å². The maximum absolute atomic E-state index is 4.41. The van der Waals surface area contributed by atoms with Crippen molar-refractivity contribution in [2.24, 2.45) is 0 Å². The maximum atomic E-state index is 4.41. The molecule has 4 heteroatoms.